The molecule has 0 aromatic heterocycles. The van der Waals surface area contributed by atoms with E-state index in [1.165, 1.54) is 0 Å². The Morgan fingerprint density at radius 1 is 1.21 bits per heavy atom. The molecule has 1 atom stereocenters. The maximum absolute atomic E-state index is 11.9. The number of para-hydroxylation sites is 1. The lowest BCUT2D eigenvalue weighted by molar-refractivity contribution is -0.147. The molecule has 0 spiro atoms. The summed E-state index contributed by atoms with van der Waals surface area (Å²) in [5.74, 6) is -1.22. The van der Waals surface area contributed by atoms with E-state index in [9.17, 15) is 14.4 Å². The van der Waals surface area contributed by atoms with Crippen molar-refractivity contribution in [3.05, 3.63) is 42.0 Å². The van der Waals surface area contributed by atoms with Crippen molar-refractivity contribution in [3.63, 3.8) is 0 Å². The van der Waals surface area contributed by atoms with Gasteiger partial charge in [-0.15, -0.1) is 0 Å². The Hall–Kier alpha value is -2.63. The summed E-state index contributed by atoms with van der Waals surface area (Å²) >= 11 is 0. The summed E-state index contributed by atoms with van der Waals surface area (Å²) in [6, 6.07) is 6.52. The van der Waals surface area contributed by atoms with E-state index in [4.69, 9.17) is 9.47 Å². The van der Waals surface area contributed by atoms with Gasteiger partial charge in [0.25, 0.3) is 5.91 Å². The number of carbonyl (C=O) groups excluding carboxylic acids is 3. The average molecular weight is 331 g/mol. The number of amides is 1. The van der Waals surface area contributed by atoms with E-state index in [1.807, 2.05) is 12.2 Å². The van der Waals surface area contributed by atoms with Gasteiger partial charge in [0, 0.05) is 0 Å². The van der Waals surface area contributed by atoms with Crippen LogP contribution >= 0.6 is 0 Å². The van der Waals surface area contributed by atoms with Crippen molar-refractivity contribution < 1.29 is 23.9 Å². The highest BCUT2D eigenvalue weighted by molar-refractivity contribution is 6.01. The predicted molar refractivity (Wildman–Crippen MR) is 88.5 cm³/mol. The van der Waals surface area contributed by atoms with Gasteiger partial charge in [0.05, 0.1) is 24.3 Å². The normalized spacial score (nSPS) is 15.8. The van der Waals surface area contributed by atoms with Crippen LogP contribution in [-0.4, -0.2) is 31.1 Å². The van der Waals surface area contributed by atoms with Crippen molar-refractivity contribution in [2.75, 3.05) is 18.5 Å². The predicted octanol–water partition coefficient (Wildman–Crippen LogP) is 2.70. The summed E-state index contributed by atoms with van der Waals surface area (Å²) in [4.78, 5) is 35.5. The summed E-state index contributed by atoms with van der Waals surface area (Å²) in [6.45, 7) is 1.57. The minimum Gasteiger partial charge on any atom is -0.462 e. The van der Waals surface area contributed by atoms with Gasteiger partial charge in [0.1, 0.15) is 0 Å². The second kappa shape index (κ2) is 8.86. The molecule has 1 aromatic rings. The Kier molecular flexibility index (Phi) is 6.54. The van der Waals surface area contributed by atoms with Gasteiger partial charge < -0.3 is 14.8 Å². The first-order valence-corrected chi connectivity index (χ1v) is 7.98. The summed E-state index contributed by atoms with van der Waals surface area (Å²) in [5.41, 5.74) is 0.589. The first kappa shape index (κ1) is 17.7. The lowest BCUT2D eigenvalue weighted by Gasteiger charge is -2.11. The molecule has 0 fully saturated rings. The fourth-order valence-electron chi connectivity index (χ4n) is 2.45. The molecule has 2 rings (SSSR count). The molecule has 0 saturated heterocycles. The van der Waals surface area contributed by atoms with E-state index >= 15 is 0 Å². The lowest BCUT2D eigenvalue weighted by atomic mass is 10.1. The number of carbonyl (C=O) groups is 3. The summed E-state index contributed by atoms with van der Waals surface area (Å²) in [7, 11) is 0. The molecule has 0 heterocycles. The topological polar surface area (TPSA) is 81.7 Å². The maximum Gasteiger partial charge on any atom is 0.340 e. The van der Waals surface area contributed by atoms with Crippen molar-refractivity contribution in [1.82, 2.24) is 0 Å². The van der Waals surface area contributed by atoms with E-state index in [0.717, 1.165) is 12.8 Å². The van der Waals surface area contributed by atoms with Crippen molar-refractivity contribution in [3.8, 4) is 0 Å². The molecule has 0 unspecified atom stereocenters. The quantitative estimate of drug-likeness (QED) is 0.613. The van der Waals surface area contributed by atoms with Crippen LogP contribution in [0.25, 0.3) is 0 Å². The molecule has 0 aliphatic heterocycles. The number of esters is 2. The largest absolute Gasteiger partial charge is 0.462 e. The van der Waals surface area contributed by atoms with Crippen LogP contribution in [0.3, 0.4) is 0 Å². The van der Waals surface area contributed by atoms with Gasteiger partial charge in [-0.3, -0.25) is 9.59 Å². The number of hydrogen-bond donors (Lipinski definition) is 1. The highest BCUT2D eigenvalue weighted by Gasteiger charge is 2.17. The van der Waals surface area contributed by atoms with Crippen molar-refractivity contribution in [2.24, 2.45) is 5.92 Å². The van der Waals surface area contributed by atoms with Gasteiger partial charge in [0.15, 0.2) is 6.61 Å². The van der Waals surface area contributed by atoms with E-state index in [0.29, 0.717) is 5.69 Å². The van der Waals surface area contributed by atoms with Crippen LogP contribution in [0.15, 0.2) is 36.4 Å². The SMILES string of the molecule is CCOC(=O)c1ccccc1NC(=O)COC(=O)C[C@H]1C=CCC1. The third-order valence-corrected chi connectivity index (χ3v) is 3.60. The minimum atomic E-state index is -0.515. The highest BCUT2D eigenvalue weighted by atomic mass is 16.5. The van der Waals surface area contributed by atoms with Crippen molar-refractivity contribution >= 4 is 23.5 Å². The molecule has 128 valence electrons. The van der Waals surface area contributed by atoms with E-state index < -0.39 is 17.8 Å². The Morgan fingerprint density at radius 3 is 2.71 bits per heavy atom. The number of rotatable bonds is 7. The first-order valence-electron chi connectivity index (χ1n) is 7.98. The van der Waals surface area contributed by atoms with Gasteiger partial charge >= 0.3 is 11.9 Å². The van der Waals surface area contributed by atoms with Gasteiger partial charge in [-0.2, -0.15) is 0 Å². The average Bonchev–Trinajstić information content (AvgIpc) is 3.06. The van der Waals surface area contributed by atoms with Crippen LogP contribution in [0.2, 0.25) is 0 Å². The lowest BCUT2D eigenvalue weighted by Crippen LogP contribution is -2.23. The molecule has 1 N–H and O–H groups in total. The zero-order valence-electron chi connectivity index (χ0n) is 13.6. The van der Waals surface area contributed by atoms with Gasteiger partial charge in [-0.1, -0.05) is 24.3 Å². The summed E-state index contributed by atoms with van der Waals surface area (Å²) in [5, 5.41) is 2.57. The third kappa shape index (κ3) is 5.22. The Balaban J connectivity index is 1.84. The molecule has 1 amide bonds. The Morgan fingerprint density at radius 2 is 2.00 bits per heavy atom. The molecule has 6 nitrogen and oxygen atoms in total. The summed E-state index contributed by atoms with van der Waals surface area (Å²) < 4.78 is 9.93. The van der Waals surface area contributed by atoms with E-state index in [1.54, 1.807) is 31.2 Å². The zero-order valence-corrected chi connectivity index (χ0v) is 13.6. The first-order chi connectivity index (χ1) is 11.6. The molecular weight excluding hydrogens is 310 g/mol. The second-order valence-electron chi connectivity index (χ2n) is 5.44. The van der Waals surface area contributed by atoms with Gasteiger partial charge in [0.2, 0.25) is 0 Å². The number of allylic oxidation sites excluding steroid dienone is 2. The number of ether oxygens (including phenoxy) is 2. The zero-order chi connectivity index (χ0) is 17.4. The van der Waals surface area contributed by atoms with Crippen molar-refractivity contribution in [1.29, 1.82) is 0 Å². The number of benzene rings is 1. The number of anilines is 1. The molecule has 0 radical (unpaired) electrons. The van der Waals surface area contributed by atoms with Crippen LogP contribution in [0, 0.1) is 5.92 Å². The summed E-state index contributed by atoms with van der Waals surface area (Å²) in [6.07, 6.45) is 6.23. The third-order valence-electron chi connectivity index (χ3n) is 3.60. The van der Waals surface area contributed by atoms with Crippen LogP contribution in [-0.2, 0) is 19.1 Å². The standard InChI is InChI=1S/C18H21NO5/c1-2-23-18(22)14-9-5-6-10-15(14)19-16(20)12-24-17(21)11-13-7-3-4-8-13/h3,5-7,9-10,13H,2,4,8,11-12H2,1H3,(H,19,20)/t13-/m0/s1. The molecule has 1 aliphatic carbocycles. The van der Waals surface area contributed by atoms with Crippen LogP contribution in [0.1, 0.15) is 36.5 Å². The molecule has 24 heavy (non-hydrogen) atoms. The number of hydrogen-bond acceptors (Lipinski definition) is 5. The van der Waals surface area contributed by atoms with Crippen molar-refractivity contribution in [2.45, 2.75) is 26.2 Å². The van der Waals surface area contributed by atoms with Gasteiger partial charge in [-0.25, -0.2) is 4.79 Å². The number of nitrogens with one attached hydrogen (secondary N) is 1. The van der Waals surface area contributed by atoms with Crippen LogP contribution in [0.4, 0.5) is 5.69 Å². The van der Waals surface area contributed by atoms with Crippen LogP contribution < -0.4 is 5.32 Å². The minimum absolute atomic E-state index is 0.199. The second-order valence-corrected chi connectivity index (χ2v) is 5.44. The maximum atomic E-state index is 11.9. The van der Waals surface area contributed by atoms with E-state index in [2.05, 4.69) is 5.32 Å². The highest BCUT2D eigenvalue weighted by Crippen LogP contribution is 2.20. The smallest absolute Gasteiger partial charge is 0.340 e. The fraction of sp³-hybridized carbons (Fsp3) is 0.389. The molecule has 1 aliphatic rings. The van der Waals surface area contributed by atoms with E-state index in [-0.39, 0.29) is 31.1 Å². The molecule has 1 aromatic carbocycles. The molecule has 6 heteroatoms. The van der Waals surface area contributed by atoms with Gasteiger partial charge in [-0.05, 0) is 37.8 Å². The fourth-order valence-corrected chi connectivity index (χ4v) is 2.45. The Bertz CT molecular complexity index is 638. The Labute approximate surface area is 140 Å². The monoisotopic (exact) mass is 331 g/mol. The molecular formula is C18H21NO5. The van der Waals surface area contributed by atoms with Crippen LogP contribution in [0.5, 0.6) is 0 Å². The molecule has 0 saturated carbocycles. The molecule has 0 bridgehead atoms.